The number of nitrogens with one attached hydrogen (secondary N) is 1. The largest absolute Gasteiger partial charge is 0.462 e. The maximum Gasteiger partial charge on any atom is 0.321 e. The molecule has 0 radical (unpaired) electrons. The Hall–Kier alpha value is -3.30. The smallest absolute Gasteiger partial charge is 0.321 e. The molecule has 0 bridgehead atoms. The van der Waals surface area contributed by atoms with Crippen LogP contribution in [0.2, 0.25) is 0 Å². The standard InChI is InChI=1S/C27H37N7O2.C2H6/c1-3-5-13-34(12-4-2)26-29-25(30-27(31-26)36-19-16-33-14-17-35-18-15-33)21-28-32-24-11-10-22-8-6-7-9-23(22)20-24;1-2/h6-11,20-21,32H,3-5,12-19H2,1-2H3;1-2H3/b28-21+;. The highest BCUT2D eigenvalue weighted by atomic mass is 16.5. The second-order valence-corrected chi connectivity index (χ2v) is 8.85. The lowest BCUT2D eigenvalue weighted by molar-refractivity contribution is 0.0317. The summed E-state index contributed by atoms with van der Waals surface area (Å²) in [5.74, 6) is 1.10. The van der Waals surface area contributed by atoms with Crippen LogP contribution in [-0.4, -0.2) is 78.6 Å². The van der Waals surface area contributed by atoms with Gasteiger partial charge >= 0.3 is 6.01 Å². The third kappa shape index (κ3) is 9.22. The lowest BCUT2D eigenvalue weighted by Gasteiger charge is -2.26. The second-order valence-electron chi connectivity index (χ2n) is 8.85. The summed E-state index contributed by atoms with van der Waals surface area (Å²) in [6.07, 6.45) is 4.82. The number of anilines is 2. The Labute approximate surface area is 227 Å². The van der Waals surface area contributed by atoms with Crippen LogP contribution in [0.3, 0.4) is 0 Å². The number of morpholine rings is 1. The first-order valence-electron chi connectivity index (χ1n) is 14.0. The predicted molar refractivity (Wildman–Crippen MR) is 157 cm³/mol. The molecule has 9 nitrogen and oxygen atoms in total. The summed E-state index contributed by atoms with van der Waals surface area (Å²) in [4.78, 5) is 18.4. The fourth-order valence-corrected chi connectivity index (χ4v) is 4.07. The summed E-state index contributed by atoms with van der Waals surface area (Å²) in [5.41, 5.74) is 3.99. The number of hydrogen-bond donors (Lipinski definition) is 1. The summed E-state index contributed by atoms with van der Waals surface area (Å²) in [5, 5.41) is 6.74. The van der Waals surface area contributed by atoms with Crippen molar-refractivity contribution in [2.45, 2.75) is 47.0 Å². The molecule has 0 aliphatic carbocycles. The van der Waals surface area contributed by atoms with Gasteiger partial charge < -0.3 is 14.4 Å². The van der Waals surface area contributed by atoms with Crippen LogP contribution >= 0.6 is 0 Å². The maximum atomic E-state index is 5.98. The van der Waals surface area contributed by atoms with Gasteiger partial charge in [-0.1, -0.05) is 64.4 Å². The third-order valence-electron chi connectivity index (χ3n) is 6.04. The van der Waals surface area contributed by atoms with Gasteiger partial charge in [0.2, 0.25) is 5.95 Å². The molecule has 0 atom stereocenters. The van der Waals surface area contributed by atoms with Gasteiger partial charge in [-0.05, 0) is 35.7 Å². The van der Waals surface area contributed by atoms with Crippen molar-refractivity contribution in [3.63, 3.8) is 0 Å². The summed E-state index contributed by atoms with van der Waals surface area (Å²) in [7, 11) is 0. The number of hydrazone groups is 1. The molecule has 0 saturated carbocycles. The number of unbranched alkanes of at least 4 members (excludes halogenated alkanes) is 1. The van der Waals surface area contributed by atoms with Gasteiger partial charge in [0.1, 0.15) is 6.61 Å². The van der Waals surface area contributed by atoms with Crippen LogP contribution in [-0.2, 0) is 4.74 Å². The zero-order valence-electron chi connectivity index (χ0n) is 23.4. The predicted octanol–water partition coefficient (Wildman–Crippen LogP) is 5.22. The highest BCUT2D eigenvalue weighted by Crippen LogP contribution is 2.19. The van der Waals surface area contributed by atoms with Gasteiger partial charge in [-0.15, -0.1) is 0 Å². The van der Waals surface area contributed by atoms with E-state index in [1.807, 2.05) is 32.0 Å². The van der Waals surface area contributed by atoms with Crippen molar-refractivity contribution in [1.82, 2.24) is 19.9 Å². The minimum atomic E-state index is 0.331. The van der Waals surface area contributed by atoms with Crippen LogP contribution in [0.5, 0.6) is 6.01 Å². The molecular formula is C29H43N7O2. The zero-order valence-corrected chi connectivity index (χ0v) is 23.4. The molecule has 38 heavy (non-hydrogen) atoms. The average Bonchev–Trinajstić information content (AvgIpc) is 2.97. The lowest BCUT2D eigenvalue weighted by atomic mass is 10.1. The van der Waals surface area contributed by atoms with Crippen LogP contribution in [0.4, 0.5) is 11.6 Å². The molecule has 1 aliphatic rings. The van der Waals surface area contributed by atoms with Crippen molar-refractivity contribution in [1.29, 1.82) is 0 Å². The molecule has 2 heterocycles. The van der Waals surface area contributed by atoms with Crippen LogP contribution in [0.1, 0.15) is 52.8 Å². The van der Waals surface area contributed by atoms with Gasteiger partial charge in [0.05, 0.1) is 25.1 Å². The van der Waals surface area contributed by atoms with Crippen LogP contribution in [0.15, 0.2) is 47.6 Å². The zero-order chi connectivity index (χ0) is 27.0. The Kier molecular flexibility index (Phi) is 12.7. The van der Waals surface area contributed by atoms with Crippen molar-refractivity contribution in [2.75, 3.05) is 62.9 Å². The highest BCUT2D eigenvalue weighted by molar-refractivity contribution is 5.86. The number of aromatic nitrogens is 3. The molecule has 1 aliphatic heterocycles. The first-order chi connectivity index (χ1) is 18.7. The Balaban J connectivity index is 0.00000195. The van der Waals surface area contributed by atoms with Crippen LogP contribution < -0.4 is 15.1 Å². The number of rotatable bonds is 13. The summed E-state index contributed by atoms with van der Waals surface area (Å²) in [6, 6.07) is 14.7. The minimum Gasteiger partial charge on any atom is -0.462 e. The summed E-state index contributed by atoms with van der Waals surface area (Å²) in [6.45, 7) is 14.8. The molecule has 1 fully saturated rings. The lowest BCUT2D eigenvalue weighted by Crippen LogP contribution is -2.38. The second kappa shape index (κ2) is 16.5. The molecule has 206 valence electrons. The van der Waals surface area contributed by atoms with E-state index in [1.54, 1.807) is 6.21 Å². The fourth-order valence-electron chi connectivity index (χ4n) is 4.07. The monoisotopic (exact) mass is 521 g/mol. The number of nitrogens with zero attached hydrogens (tertiary/aromatic N) is 6. The molecule has 0 spiro atoms. The van der Waals surface area contributed by atoms with Crippen molar-refractivity contribution in [3.05, 3.63) is 48.3 Å². The van der Waals surface area contributed by atoms with E-state index in [0.29, 0.717) is 24.4 Å². The van der Waals surface area contributed by atoms with E-state index < -0.39 is 0 Å². The Bertz CT molecular complexity index is 1120. The number of ether oxygens (including phenoxy) is 2. The quantitative estimate of drug-likeness (QED) is 0.242. The molecule has 2 aromatic carbocycles. The van der Waals surface area contributed by atoms with E-state index >= 15 is 0 Å². The molecule has 1 aromatic heterocycles. The van der Waals surface area contributed by atoms with Gasteiger partial charge in [-0.2, -0.15) is 20.1 Å². The molecule has 1 saturated heterocycles. The molecule has 9 heteroatoms. The van der Waals surface area contributed by atoms with E-state index in [1.165, 1.54) is 5.39 Å². The SMILES string of the molecule is CC.CCCCN(CCC)c1nc(/C=N/Nc2ccc3ccccc3c2)nc(OCCN2CCOCC2)n1. The van der Waals surface area contributed by atoms with Gasteiger partial charge in [0, 0.05) is 32.7 Å². The molecule has 0 amide bonds. The minimum absolute atomic E-state index is 0.331. The molecule has 0 unspecified atom stereocenters. The third-order valence-corrected chi connectivity index (χ3v) is 6.04. The number of hydrogen-bond acceptors (Lipinski definition) is 9. The average molecular weight is 522 g/mol. The molecule has 1 N–H and O–H groups in total. The number of fused-ring (bicyclic) bond motifs is 1. The van der Waals surface area contributed by atoms with E-state index in [-0.39, 0.29) is 0 Å². The van der Waals surface area contributed by atoms with Crippen molar-refractivity contribution in [3.8, 4) is 6.01 Å². The van der Waals surface area contributed by atoms with Gasteiger partial charge in [0.25, 0.3) is 0 Å². The molecular weight excluding hydrogens is 478 g/mol. The van der Waals surface area contributed by atoms with Gasteiger partial charge in [0.15, 0.2) is 5.82 Å². The van der Waals surface area contributed by atoms with Gasteiger partial charge in [-0.25, -0.2) is 0 Å². The van der Waals surface area contributed by atoms with E-state index in [4.69, 9.17) is 14.5 Å². The highest BCUT2D eigenvalue weighted by Gasteiger charge is 2.15. The first-order valence-corrected chi connectivity index (χ1v) is 14.0. The maximum absolute atomic E-state index is 5.98. The number of benzene rings is 2. The first kappa shape index (κ1) is 29.3. The van der Waals surface area contributed by atoms with Gasteiger partial charge in [-0.3, -0.25) is 10.3 Å². The van der Waals surface area contributed by atoms with E-state index in [9.17, 15) is 0 Å². The van der Waals surface area contributed by atoms with Crippen LogP contribution in [0, 0.1) is 0 Å². The van der Waals surface area contributed by atoms with E-state index in [2.05, 4.69) is 68.4 Å². The Morgan fingerprint density at radius 1 is 1.00 bits per heavy atom. The Morgan fingerprint density at radius 2 is 1.79 bits per heavy atom. The van der Waals surface area contributed by atoms with Crippen molar-refractivity contribution < 1.29 is 9.47 Å². The normalized spacial score (nSPS) is 13.8. The van der Waals surface area contributed by atoms with Crippen molar-refractivity contribution in [2.24, 2.45) is 5.10 Å². The molecule has 4 rings (SSSR count). The van der Waals surface area contributed by atoms with Crippen LogP contribution in [0.25, 0.3) is 10.8 Å². The summed E-state index contributed by atoms with van der Waals surface area (Å²) >= 11 is 0. The van der Waals surface area contributed by atoms with Crippen molar-refractivity contribution >= 4 is 28.6 Å². The summed E-state index contributed by atoms with van der Waals surface area (Å²) < 4.78 is 11.4. The fraction of sp³-hybridized carbons (Fsp3) is 0.517. The topological polar surface area (TPSA) is 88.0 Å². The Morgan fingerprint density at radius 3 is 2.55 bits per heavy atom. The van der Waals surface area contributed by atoms with E-state index in [0.717, 1.165) is 76.3 Å². The molecule has 3 aromatic rings.